The number of methoxy groups -OCH3 is 1. The monoisotopic (exact) mass is 490 g/mol. The van der Waals surface area contributed by atoms with Crippen LogP contribution in [-0.4, -0.2) is 64.6 Å². The Bertz CT molecular complexity index is 1180. The Morgan fingerprint density at radius 3 is 2.47 bits per heavy atom. The molecule has 2 aromatic carbocycles. The van der Waals surface area contributed by atoms with Crippen molar-refractivity contribution in [2.45, 2.75) is 24.2 Å². The summed E-state index contributed by atoms with van der Waals surface area (Å²) in [6.45, 7) is 1.36. The first-order valence-corrected chi connectivity index (χ1v) is 12.4. The minimum atomic E-state index is -3.82. The van der Waals surface area contributed by atoms with Gasteiger partial charge in [0, 0.05) is 31.3 Å². The molecule has 4 rings (SSSR count). The number of fused-ring (bicyclic) bond motifs is 1. The van der Waals surface area contributed by atoms with Gasteiger partial charge in [-0.3, -0.25) is 4.79 Å². The number of nitrogens with zero attached hydrogens (tertiary/aromatic N) is 1. The van der Waals surface area contributed by atoms with Gasteiger partial charge in [0.2, 0.25) is 10.0 Å². The summed E-state index contributed by atoms with van der Waals surface area (Å²) in [7, 11) is -2.46. The maximum atomic E-state index is 13.0. The summed E-state index contributed by atoms with van der Waals surface area (Å²) in [5, 5.41) is 2.64. The number of carbonyl (C=O) groups is 2. The molecule has 1 saturated heterocycles. The third-order valence-corrected chi connectivity index (χ3v) is 7.37. The molecule has 0 atom stereocenters. The highest BCUT2D eigenvalue weighted by molar-refractivity contribution is 7.89. The summed E-state index contributed by atoms with van der Waals surface area (Å²) < 4.78 is 48.8. The quantitative estimate of drug-likeness (QED) is 0.588. The molecule has 1 fully saturated rings. The zero-order valence-corrected chi connectivity index (χ0v) is 19.6. The Morgan fingerprint density at radius 2 is 1.74 bits per heavy atom. The molecule has 2 heterocycles. The summed E-state index contributed by atoms with van der Waals surface area (Å²) in [5.74, 6) is -0.121. The molecular weight excluding hydrogens is 464 g/mol. The van der Waals surface area contributed by atoms with Gasteiger partial charge in [0.1, 0.15) is 10.6 Å². The predicted octanol–water partition coefficient (Wildman–Crippen LogP) is 2.44. The molecule has 1 N–H and O–H groups in total. The Balaban J connectivity index is 1.41. The van der Waals surface area contributed by atoms with Crippen LogP contribution in [0, 0.1) is 0 Å². The lowest BCUT2D eigenvalue weighted by molar-refractivity contribution is -0.119. The first-order chi connectivity index (χ1) is 16.4. The molecule has 10 nitrogen and oxygen atoms in total. The lowest BCUT2D eigenvalue weighted by atomic mass is 10.2. The average Bonchev–Trinajstić information content (AvgIpc) is 3.29. The van der Waals surface area contributed by atoms with Crippen LogP contribution in [0.15, 0.2) is 41.3 Å². The van der Waals surface area contributed by atoms with E-state index >= 15 is 0 Å². The smallest absolute Gasteiger partial charge is 0.338 e. The number of ether oxygens (including phenoxy) is 4. The van der Waals surface area contributed by atoms with Gasteiger partial charge in [-0.1, -0.05) is 0 Å². The van der Waals surface area contributed by atoms with E-state index in [4.69, 9.17) is 18.9 Å². The highest BCUT2D eigenvalue weighted by Gasteiger charge is 2.31. The van der Waals surface area contributed by atoms with E-state index in [9.17, 15) is 18.0 Å². The molecule has 0 spiro atoms. The molecule has 182 valence electrons. The van der Waals surface area contributed by atoms with Crippen molar-refractivity contribution in [2.75, 3.05) is 45.3 Å². The number of hydrogen-bond donors (Lipinski definition) is 1. The number of hydrogen-bond acceptors (Lipinski definition) is 8. The minimum Gasteiger partial charge on any atom is -0.495 e. The van der Waals surface area contributed by atoms with Crippen LogP contribution in [0.1, 0.15) is 29.6 Å². The standard InChI is InChI=1S/C23H26N2O8S/c1-30-19-7-5-16(13-21(19)34(28,29)25-9-2-3-10-25)23(27)33-15-22(26)24-17-6-8-18-20(14-17)32-12-4-11-31-18/h5-8,13-14H,2-4,9-12,15H2,1H3,(H,24,26). The number of carbonyl (C=O) groups excluding carboxylic acids is 2. The number of rotatable bonds is 7. The van der Waals surface area contributed by atoms with Gasteiger partial charge >= 0.3 is 5.97 Å². The number of benzene rings is 2. The summed E-state index contributed by atoms with van der Waals surface area (Å²) in [4.78, 5) is 24.7. The second-order valence-corrected chi connectivity index (χ2v) is 9.72. The zero-order valence-electron chi connectivity index (χ0n) is 18.7. The van der Waals surface area contributed by atoms with Crippen LogP contribution >= 0.6 is 0 Å². The summed E-state index contributed by atoms with van der Waals surface area (Å²) in [6, 6.07) is 9.01. The molecule has 0 radical (unpaired) electrons. The molecule has 2 aromatic rings. The van der Waals surface area contributed by atoms with Crippen molar-refractivity contribution in [1.29, 1.82) is 0 Å². The SMILES string of the molecule is COc1ccc(C(=O)OCC(=O)Nc2ccc3c(c2)OCCCO3)cc1S(=O)(=O)N1CCCC1. The third-order valence-electron chi connectivity index (χ3n) is 5.45. The average molecular weight is 491 g/mol. The number of nitrogens with one attached hydrogen (secondary N) is 1. The highest BCUT2D eigenvalue weighted by atomic mass is 32.2. The van der Waals surface area contributed by atoms with Gasteiger partial charge < -0.3 is 24.3 Å². The Morgan fingerprint density at radius 1 is 1.00 bits per heavy atom. The first kappa shape index (κ1) is 23.8. The molecule has 0 saturated carbocycles. The van der Waals surface area contributed by atoms with Gasteiger partial charge in [-0.05, 0) is 43.2 Å². The predicted molar refractivity (Wildman–Crippen MR) is 122 cm³/mol. The van der Waals surface area contributed by atoms with Crippen LogP contribution in [0.2, 0.25) is 0 Å². The van der Waals surface area contributed by atoms with Crippen molar-refractivity contribution in [2.24, 2.45) is 0 Å². The van der Waals surface area contributed by atoms with E-state index in [0.717, 1.165) is 19.3 Å². The van der Waals surface area contributed by atoms with E-state index < -0.39 is 28.5 Å². The van der Waals surface area contributed by atoms with Crippen LogP contribution in [0.25, 0.3) is 0 Å². The number of amides is 1. The minimum absolute atomic E-state index is 0.00181. The summed E-state index contributed by atoms with van der Waals surface area (Å²) >= 11 is 0. The molecular formula is C23H26N2O8S. The largest absolute Gasteiger partial charge is 0.495 e. The van der Waals surface area contributed by atoms with Crippen LogP contribution in [0.5, 0.6) is 17.2 Å². The second-order valence-electron chi connectivity index (χ2n) is 7.81. The molecule has 1 amide bonds. The number of esters is 1. The number of anilines is 1. The van der Waals surface area contributed by atoms with Crippen molar-refractivity contribution in [3.63, 3.8) is 0 Å². The van der Waals surface area contributed by atoms with Crippen molar-refractivity contribution in [3.05, 3.63) is 42.0 Å². The van der Waals surface area contributed by atoms with Gasteiger partial charge in [0.15, 0.2) is 18.1 Å². The fourth-order valence-electron chi connectivity index (χ4n) is 3.73. The van der Waals surface area contributed by atoms with Crippen molar-refractivity contribution >= 4 is 27.6 Å². The van der Waals surface area contributed by atoms with Gasteiger partial charge in [-0.25, -0.2) is 13.2 Å². The molecule has 2 aliphatic heterocycles. The van der Waals surface area contributed by atoms with Gasteiger partial charge in [-0.15, -0.1) is 0 Å². The normalized spacial score (nSPS) is 15.9. The molecule has 11 heteroatoms. The number of sulfonamides is 1. The summed E-state index contributed by atoms with van der Waals surface area (Å²) in [5.41, 5.74) is 0.468. The van der Waals surface area contributed by atoms with Crippen LogP contribution in [-0.2, 0) is 19.6 Å². The maximum absolute atomic E-state index is 13.0. The van der Waals surface area contributed by atoms with Gasteiger partial charge in [-0.2, -0.15) is 4.31 Å². The molecule has 0 unspecified atom stereocenters. The maximum Gasteiger partial charge on any atom is 0.338 e. The van der Waals surface area contributed by atoms with Crippen LogP contribution in [0.4, 0.5) is 5.69 Å². The zero-order chi connectivity index (χ0) is 24.1. The van der Waals surface area contributed by atoms with Crippen molar-refractivity contribution in [1.82, 2.24) is 4.31 Å². The lowest BCUT2D eigenvalue weighted by Gasteiger charge is -2.18. The molecule has 0 bridgehead atoms. The fourth-order valence-corrected chi connectivity index (χ4v) is 5.42. The van der Waals surface area contributed by atoms with E-state index in [1.54, 1.807) is 18.2 Å². The van der Waals surface area contributed by atoms with Gasteiger partial charge in [0.25, 0.3) is 5.91 Å². The highest BCUT2D eigenvalue weighted by Crippen LogP contribution is 2.32. The molecule has 0 aliphatic carbocycles. The lowest BCUT2D eigenvalue weighted by Crippen LogP contribution is -2.28. The van der Waals surface area contributed by atoms with Crippen LogP contribution in [0.3, 0.4) is 0 Å². The Hall–Kier alpha value is -3.31. The fraction of sp³-hybridized carbons (Fsp3) is 0.391. The van der Waals surface area contributed by atoms with E-state index in [-0.39, 0.29) is 16.2 Å². The molecule has 0 aromatic heterocycles. The van der Waals surface area contributed by atoms with Gasteiger partial charge in [0.05, 0.1) is 25.9 Å². The third kappa shape index (κ3) is 5.26. The van der Waals surface area contributed by atoms with E-state index in [1.807, 2.05) is 0 Å². The summed E-state index contributed by atoms with van der Waals surface area (Å²) in [6.07, 6.45) is 2.32. The van der Waals surface area contributed by atoms with Crippen molar-refractivity contribution < 1.29 is 37.0 Å². The Kier molecular flexibility index (Phi) is 7.23. The Labute approximate surface area is 197 Å². The second kappa shape index (κ2) is 10.3. The van der Waals surface area contributed by atoms with E-state index in [1.165, 1.54) is 29.6 Å². The van der Waals surface area contributed by atoms with E-state index in [0.29, 0.717) is 43.5 Å². The van der Waals surface area contributed by atoms with Crippen LogP contribution < -0.4 is 19.5 Å². The first-order valence-electron chi connectivity index (χ1n) is 10.9. The van der Waals surface area contributed by atoms with Crippen molar-refractivity contribution in [3.8, 4) is 17.2 Å². The topological polar surface area (TPSA) is 120 Å². The molecule has 2 aliphatic rings. The molecule has 34 heavy (non-hydrogen) atoms. The van der Waals surface area contributed by atoms with E-state index in [2.05, 4.69) is 5.32 Å².